The van der Waals surface area contributed by atoms with Gasteiger partial charge in [0.1, 0.15) is 5.75 Å². The average Bonchev–Trinajstić information content (AvgIpc) is 3.10. The molecule has 3 rings (SSSR count). The van der Waals surface area contributed by atoms with E-state index in [1.807, 2.05) is 36.1 Å². The number of carbonyl (C=O) groups is 1. The fourth-order valence-corrected chi connectivity index (χ4v) is 2.53. The van der Waals surface area contributed by atoms with E-state index in [4.69, 9.17) is 14.0 Å². The van der Waals surface area contributed by atoms with Gasteiger partial charge in [-0.1, -0.05) is 5.16 Å². The number of aromatic nitrogens is 2. The molecule has 0 aliphatic carbocycles. The lowest BCUT2D eigenvalue weighted by Crippen LogP contribution is -2.40. The van der Waals surface area contributed by atoms with Gasteiger partial charge in [-0.05, 0) is 31.2 Å². The lowest BCUT2D eigenvalue weighted by molar-refractivity contribution is -0.135. The Bertz CT molecular complexity index is 663. The van der Waals surface area contributed by atoms with Gasteiger partial charge in [-0.15, -0.1) is 0 Å². The maximum Gasteiger partial charge on any atom is 0.227 e. The predicted molar refractivity (Wildman–Crippen MR) is 86.6 cm³/mol. The standard InChI is InChI=1S/C17H21N3O4/c1-2-23-14-5-3-13(4-6-14)17-18-15(24-19-17)7-8-16(21)20-9-11-22-12-10-20/h3-6H,2,7-12H2,1H3. The summed E-state index contributed by atoms with van der Waals surface area (Å²) in [5, 5.41) is 3.98. The maximum absolute atomic E-state index is 12.1. The number of morpholine rings is 1. The van der Waals surface area contributed by atoms with Crippen LogP contribution in [0.3, 0.4) is 0 Å². The van der Waals surface area contributed by atoms with Crippen molar-refractivity contribution in [3.8, 4) is 17.1 Å². The third-order valence-electron chi connectivity index (χ3n) is 3.81. The number of carbonyl (C=O) groups excluding carboxylic acids is 1. The molecule has 0 atom stereocenters. The number of hydrogen-bond acceptors (Lipinski definition) is 6. The van der Waals surface area contributed by atoms with Gasteiger partial charge in [0, 0.05) is 31.5 Å². The van der Waals surface area contributed by atoms with Crippen molar-refractivity contribution in [1.82, 2.24) is 15.0 Å². The summed E-state index contributed by atoms with van der Waals surface area (Å²) in [5.41, 5.74) is 0.855. The zero-order valence-corrected chi connectivity index (χ0v) is 13.7. The molecule has 128 valence electrons. The quantitative estimate of drug-likeness (QED) is 0.805. The Morgan fingerprint density at radius 1 is 1.25 bits per heavy atom. The van der Waals surface area contributed by atoms with Crippen LogP contribution in [0.25, 0.3) is 11.4 Å². The van der Waals surface area contributed by atoms with Crippen LogP contribution in [0.5, 0.6) is 5.75 Å². The fourth-order valence-electron chi connectivity index (χ4n) is 2.53. The number of amides is 1. The van der Waals surface area contributed by atoms with E-state index in [0.29, 0.717) is 57.5 Å². The Hall–Kier alpha value is -2.41. The Morgan fingerprint density at radius 3 is 2.71 bits per heavy atom. The summed E-state index contributed by atoms with van der Waals surface area (Å²) in [4.78, 5) is 18.3. The van der Waals surface area contributed by atoms with E-state index in [-0.39, 0.29) is 5.91 Å². The van der Waals surface area contributed by atoms with Crippen molar-refractivity contribution < 1.29 is 18.8 Å². The molecule has 1 aliphatic rings. The Balaban J connectivity index is 1.56. The van der Waals surface area contributed by atoms with Crippen LogP contribution in [-0.4, -0.2) is 53.9 Å². The summed E-state index contributed by atoms with van der Waals surface area (Å²) < 4.78 is 15.9. The SMILES string of the molecule is CCOc1ccc(-c2noc(CCC(=O)N3CCOCC3)n2)cc1. The molecular weight excluding hydrogens is 310 g/mol. The molecule has 1 aromatic carbocycles. The third-order valence-corrected chi connectivity index (χ3v) is 3.81. The van der Waals surface area contributed by atoms with E-state index in [1.54, 1.807) is 0 Å². The summed E-state index contributed by atoms with van der Waals surface area (Å²) >= 11 is 0. The first kappa shape index (κ1) is 16.4. The molecule has 1 amide bonds. The van der Waals surface area contributed by atoms with Gasteiger partial charge in [-0.2, -0.15) is 4.98 Å². The summed E-state index contributed by atoms with van der Waals surface area (Å²) in [6, 6.07) is 7.52. The number of ether oxygens (including phenoxy) is 2. The third kappa shape index (κ3) is 4.11. The molecule has 0 unspecified atom stereocenters. The lowest BCUT2D eigenvalue weighted by Gasteiger charge is -2.26. The number of benzene rings is 1. The molecule has 7 nitrogen and oxygen atoms in total. The molecular formula is C17H21N3O4. The van der Waals surface area contributed by atoms with Crippen molar-refractivity contribution in [2.75, 3.05) is 32.9 Å². The van der Waals surface area contributed by atoms with Crippen LogP contribution in [-0.2, 0) is 16.0 Å². The zero-order chi connectivity index (χ0) is 16.8. The van der Waals surface area contributed by atoms with Gasteiger partial charge in [0.15, 0.2) is 0 Å². The predicted octanol–water partition coefficient (Wildman–Crippen LogP) is 1.93. The first-order valence-corrected chi connectivity index (χ1v) is 8.17. The summed E-state index contributed by atoms with van der Waals surface area (Å²) in [6.07, 6.45) is 0.811. The zero-order valence-electron chi connectivity index (χ0n) is 13.7. The second-order valence-corrected chi connectivity index (χ2v) is 5.46. The molecule has 2 heterocycles. The smallest absolute Gasteiger partial charge is 0.227 e. The van der Waals surface area contributed by atoms with E-state index < -0.39 is 0 Å². The number of aryl methyl sites for hydroxylation is 1. The van der Waals surface area contributed by atoms with Crippen LogP contribution in [0.15, 0.2) is 28.8 Å². The first-order valence-electron chi connectivity index (χ1n) is 8.17. The average molecular weight is 331 g/mol. The second-order valence-electron chi connectivity index (χ2n) is 5.46. The Labute approximate surface area is 140 Å². The van der Waals surface area contributed by atoms with Crippen molar-refractivity contribution in [3.63, 3.8) is 0 Å². The molecule has 0 N–H and O–H groups in total. The van der Waals surface area contributed by atoms with Gasteiger partial charge in [-0.3, -0.25) is 4.79 Å². The normalized spacial score (nSPS) is 14.6. The Morgan fingerprint density at radius 2 is 2.00 bits per heavy atom. The molecule has 24 heavy (non-hydrogen) atoms. The van der Waals surface area contributed by atoms with Crippen molar-refractivity contribution in [2.24, 2.45) is 0 Å². The monoisotopic (exact) mass is 331 g/mol. The lowest BCUT2D eigenvalue weighted by atomic mass is 10.2. The van der Waals surface area contributed by atoms with Crippen LogP contribution in [0.4, 0.5) is 0 Å². The molecule has 0 radical (unpaired) electrons. The van der Waals surface area contributed by atoms with Crippen molar-refractivity contribution in [2.45, 2.75) is 19.8 Å². The molecule has 0 bridgehead atoms. The highest BCUT2D eigenvalue weighted by Crippen LogP contribution is 2.20. The van der Waals surface area contributed by atoms with Crippen molar-refractivity contribution >= 4 is 5.91 Å². The van der Waals surface area contributed by atoms with Crippen molar-refractivity contribution in [3.05, 3.63) is 30.2 Å². The summed E-state index contributed by atoms with van der Waals surface area (Å²) in [5.74, 6) is 1.90. The molecule has 1 aliphatic heterocycles. The number of nitrogens with zero attached hydrogens (tertiary/aromatic N) is 3. The molecule has 1 aromatic heterocycles. The Kier molecular flexibility index (Phi) is 5.43. The highest BCUT2D eigenvalue weighted by Gasteiger charge is 2.18. The molecule has 1 saturated heterocycles. The van der Waals surface area contributed by atoms with Crippen LogP contribution < -0.4 is 4.74 Å². The van der Waals surface area contributed by atoms with E-state index in [1.165, 1.54) is 0 Å². The highest BCUT2D eigenvalue weighted by molar-refractivity contribution is 5.76. The number of hydrogen-bond donors (Lipinski definition) is 0. The highest BCUT2D eigenvalue weighted by atomic mass is 16.5. The van der Waals surface area contributed by atoms with Crippen LogP contribution in [0.1, 0.15) is 19.2 Å². The van der Waals surface area contributed by atoms with Gasteiger partial charge >= 0.3 is 0 Å². The molecule has 2 aromatic rings. The minimum Gasteiger partial charge on any atom is -0.494 e. The topological polar surface area (TPSA) is 77.7 Å². The first-order chi connectivity index (χ1) is 11.8. The van der Waals surface area contributed by atoms with E-state index >= 15 is 0 Å². The van der Waals surface area contributed by atoms with Crippen LogP contribution >= 0.6 is 0 Å². The van der Waals surface area contributed by atoms with E-state index in [9.17, 15) is 4.79 Å². The van der Waals surface area contributed by atoms with E-state index in [2.05, 4.69) is 10.1 Å². The maximum atomic E-state index is 12.1. The summed E-state index contributed by atoms with van der Waals surface area (Å²) in [6.45, 7) is 5.09. The van der Waals surface area contributed by atoms with Gasteiger partial charge < -0.3 is 18.9 Å². The summed E-state index contributed by atoms with van der Waals surface area (Å²) in [7, 11) is 0. The fraction of sp³-hybridized carbons (Fsp3) is 0.471. The minimum absolute atomic E-state index is 0.0964. The van der Waals surface area contributed by atoms with Gasteiger partial charge in [0.2, 0.25) is 17.6 Å². The largest absolute Gasteiger partial charge is 0.494 e. The molecule has 1 fully saturated rings. The van der Waals surface area contributed by atoms with Crippen LogP contribution in [0, 0.1) is 0 Å². The van der Waals surface area contributed by atoms with Crippen LogP contribution in [0.2, 0.25) is 0 Å². The van der Waals surface area contributed by atoms with Gasteiger partial charge in [-0.25, -0.2) is 0 Å². The molecule has 0 saturated carbocycles. The second kappa shape index (κ2) is 7.92. The minimum atomic E-state index is 0.0964. The molecule has 7 heteroatoms. The molecule has 0 spiro atoms. The number of rotatable bonds is 6. The van der Waals surface area contributed by atoms with Gasteiger partial charge in [0.25, 0.3) is 0 Å². The van der Waals surface area contributed by atoms with Crippen molar-refractivity contribution in [1.29, 1.82) is 0 Å². The van der Waals surface area contributed by atoms with E-state index in [0.717, 1.165) is 11.3 Å². The van der Waals surface area contributed by atoms with Gasteiger partial charge in [0.05, 0.1) is 19.8 Å².